The molecule has 0 aromatic heterocycles. The Morgan fingerprint density at radius 3 is 1.43 bits per heavy atom. The number of nitrogens with zero attached hydrogens (tertiary/aromatic N) is 2. The molecule has 8 heteroatoms. The maximum Gasteiger partial charge on any atom is 0.260 e. The molecule has 3 rings (SSSR count). The van der Waals surface area contributed by atoms with Crippen molar-refractivity contribution in [2.75, 3.05) is 26.3 Å². The number of rotatable bonds is 6. The van der Waals surface area contributed by atoms with Gasteiger partial charge >= 0.3 is 0 Å². The number of piperazine rings is 1. The molecule has 1 heterocycles. The smallest absolute Gasteiger partial charge is 0.260 e. The Hall–Kier alpha value is -2.44. The highest BCUT2D eigenvalue weighted by Crippen LogP contribution is 2.19. The van der Waals surface area contributed by atoms with E-state index in [0.717, 1.165) is 0 Å². The molecule has 1 aliphatic heterocycles. The van der Waals surface area contributed by atoms with Crippen LogP contribution >= 0.6 is 23.2 Å². The Labute approximate surface area is 186 Å². The van der Waals surface area contributed by atoms with Crippen molar-refractivity contribution in [2.45, 2.75) is 25.9 Å². The van der Waals surface area contributed by atoms with Crippen LogP contribution in [0, 0.1) is 0 Å². The average molecular weight is 451 g/mol. The number of halogens is 2. The molecule has 2 amide bonds. The van der Waals surface area contributed by atoms with E-state index in [1.807, 2.05) is 13.8 Å². The van der Waals surface area contributed by atoms with Crippen LogP contribution in [-0.2, 0) is 9.59 Å². The second-order valence-electron chi connectivity index (χ2n) is 7.28. The summed E-state index contributed by atoms with van der Waals surface area (Å²) in [5.74, 6) is 0.936. The van der Waals surface area contributed by atoms with Crippen molar-refractivity contribution < 1.29 is 19.1 Å². The van der Waals surface area contributed by atoms with E-state index in [0.29, 0.717) is 34.6 Å². The van der Waals surface area contributed by atoms with E-state index >= 15 is 0 Å². The molecule has 2 atom stereocenters. The van der Waals surface area contributed by atoms with Crippen LogP contribution in [0.2, 0.25) is 10.0 Å². The fourth-order valence-corrected chi connectivity index (χ4v) is 3.59. The third kappa shape index (κ3) is 5.80. The number of carbonyl (C=O) groups is 2. The summed E-state index contributed by atoms with van der Waals surface area (Å²) >= 11 is 11.7. The molecule has 0 radical (unpaired) electrons. The van der Waals surface area contributed by atoms with Crippen molar-refractivity contribution in [1.29, 1.82) is 0 Å². The second-order valence-corrected chi connectivity index (χ2v) is 8.15. The number of ether oxygens (including phenoxy) is 2. The largest absolute Gasteiger partial charge is 0.484 e. The summed E-state index contributed by atoms with van der Waals surface area (Å²) in [5.41, 5.74) is 0. The molecule has 160 valence electrons. The van der Waals surface area contributed by atoms with Crippen molar-refractivity contribution in [3.63, 3.8) is 0 Å². The molecule has 0 unspecified atom stereocenters. The highest BCUT2D eigenvalue weighted by atomic mass is 35.5. The molecule has 0 aliphatic carbocycles. The Balaban J connectivity index is 1.50. The van der Waals surface area contributed by atoms with Gasteiger partial charge in [0.05, 0.1) is 0 Å². The van der Waals surface area contributed by atoms with E-state index in [4.69, 9.17) is 32.7 Å². The zero-order valence-electron chi connectivity index (χ0n) is 16.9. The van der Waals surface area contributed by atoms with Gasteiger partial charge in [-0.2, -0.15) is 0 Å². The standard InChI is InChI=1S/C22H24Cl2N2O4/c1-15-11-26(22(28)14-30-20-9-5-18(24)6-10-20)16(2)12-25(15)21(27)13-29-19-7-3-17(23)4-8-19/h3-10,15-16H,11-14H2,1-2H3/t15-,16+. The number of carbonyl (C=O) groups excluding carboxylic acids is 2. The van der Waals surface area contributed by atoms with E-state index in [2.05, 4.69) is 0 Å². The molecule has 2 aromatic rings. The third-order valence-corrected chi connectivity index (χ3v) is 5.48. The quantitative estimate of drug-likeness (QED) is 0.669. The first kappa shape index (κ1) is 22.2. The summed E-state index contributed by atoms with van der Waals surface area (Å²) in [5, 5.41) is 1.22. The predicted molar refractivity (Wildman–Crippen MR) is 116 cm³/mol. The first-order valence-electron chi connectivity index (χ1n) is 9.69. The maximum absolute atomic E-state index is 12.6. The molecule has 0 N–H and O–H groups in total. The molecule has 2 aromatic carbocycles. The Kier molecular flexibility index (Phi) is 7.45. The molecule has 0 saturated carbocycles. The second kappa shape index (κ2) is 10.0. The highest BCUT2D eigenvalue weighted by molar-refractivity contribution is 6.30. The SMILES string of the molecule is C[C@@H]1CN(C(=O)COc2ccc(Cl)cc2)[C@@H](C)CN1C(=O)COc1ccc(Cl)cc1. The van der Waals surface area contributed by atoms with Crippen LogP contribution in [0.4, 0.5) is 0 Å². The first-order valence-corrected chi connectivity index (χ1v) is 10.4. The van der Waals surface area contributed by atoms with Crippen molar-refractivity contribution in [3.05, 3.63) is 58.6 Å². The highest BCUT2D eigenvalue weighted by Gasteiger charge is 2.34. The number of benzene rings is 2. The molecule has 1 aliphatic rings. The lowest BCUT2D eigenvalue weighted by Gasteiger charge is -2.44. The van der Waals surface area contributed by atoms with Gasteiger partial charge in [-0.15, -0.1) is 0 Å². The first-order chi connectivity index (χ1) is 14.3. The average Bonchev–Trinajstić information content (AvgIpc) is 2.73. The van der Waals surface area contributed by atoms with Gasteiger partial charge in [-0.3, -0.25) is 9.59 Å². The summed E-state index contributed by atoms with van der Waals surface area (Å²) in [7, 11) is 0. The van der Waals surface area contributed by atoms with E-state index in [1.54, 1.807) is 58.3 Å². The minimum atomic E-state index is -0.123. The zero-order chi connectivity index (χ0) is 21.7. The van der Waals surface area contributed by atoms with Crippen LogP contribution < -0.4 is 9.47 Å². The molecule has 1 fully saturated rings. The van der Waals surface area contributed by atoms with Crippen LogP contribution in [-0.4, -0.2) is 60.0 Å². The zero-order valence-corrected chi connectivity index (χ0v) is 18.4. The van der Waals surface area contributed by atoms with Gasteiger partial charge in [0.15, 0.2) is 13.2 Å². The lowest BCUT2D eigenvalue weighted by molar-refractivity contribution is -0.148. The fourth-order valence-electron chi connectivity index (χ4n) is 3.34. The Morgan fingerprint density at radius 2 is 1.10 bits per heavy atom. The lowest BCUT2D eigenvalue weighted by Crippen LogP contribution is -2.60. The maximum atomic E-state index is 12.6. The lowest BCUT2D eigenvalue weighted by atomic mass is 10.1. The molecule has 6 nitrogen and oxygen atoms in total. The van der Waals surface area contributed by atoms with Gasteiger partial charge < -0.3 is 19.3 Å². The van der Waals surface area contributed by atoms with Crippen LogP contribution in [0.5, 0.6) is 11.5 Å². The summed E-state index contributed by atoms with van der Waals surface area (Å²) in [6.45, 7) is 4.60. The van der Waals surface area contributed by atoms with Crippen LogP contribution in [0.3, 0.4) is 0 Å². The molecular weight excluding hydrogens is 427 g/mol. The van der Waals surface area contributed by atoms with Crippen molar-refractivity contribution >= 4 is 35.0 Å². The summed E-state index contributed by atoms with van der Waals surface area (Å²) < 4.78 is 11.1. The predicted octanol–water partition coefficient (Wildman–Crippen LogP) is 3.90. The van der Waals surface area contributed by atoms with Crippen molar-refractivity contribution in [2.24, 2.45) is 0 Å². The Morgan fingerprint density at radius 1 is 0.767 bits per heavy atom. The van der Waals surface area contributed by atoms with Gasteiger partial charge in [0, 0.05) is 35.2 Å². The molecule has 30 heavy (non-hydrogen) atoms. The third-order valence-electron chi connectivity index (χ3n) is 4.98. The van der Waals surface area contributed by atoms with E-state index in [-0.39, 0.29) is 37.1 Å². The van der Waals surface area contributed by atoms with Crippen LogP contribution in [0.15, 0.2) is 48.5 Å². The molecule has 1 saturated heterocycles. The van der Waals surface area contributed by atoms with E-state index < -0.39 is 0 Å². The van der Waals surface area contributed by atoms with Crippen molar-refractivity contribution in [1.82, 2.24) is 9.80 Å². The van der Waals surface area contributed by atoms with E-state index in [9.17, 15) is 9.59 Å². The minimum absolute atomic E-state index is 0.0632. The molecule has 0 bridgehead atoms. The molecular formula is C22H24Cl2N2O4. The Bertz CT molecular complexity index is 800. The van der Waals surface area contributed by atoms with Gasteiger partial charge in [-0.1, -0.05) is 23.2 Å². The van der Waals surface area contributed by atoms with Gasteiger partial charge in [0.25, 0.3) is 11.8 Å². The van der Waals surface area contributed by atoms with Crippen molar-refractivity contribution in [3.8, 4) is 11.5 Å². The van der Waals surface area contributed by atoms with Gasteiger partial charge in [-0.25, -0.2) is 0 Å². The monoisotopic (exact) mass is 450 g/mol. The normalized spacial score (nSPS) is 18.8. The van der Waals surface area contributed by atoms with Gasteiger partial charge in [0.1, 0.15) is 11.5 Å². The number of hydrogen-bond acceptors (Lipinski definition) is 4. The van der Waals surface area contributed by atoms with Crippen LogP contribution in [0.1, 0.15) is 13.8 Å². The summed E-state index contributed by atoms with van der Waals surface area (Å²) in [6.07, 6.45) is 0. The number of hydrogen-bond donors (Lipinski definition) is 0. The summed E-state index contributed by atoms with van der Waals surface area (Å²) in [6, 6.07) is 13.5. The number of amides is 2. The minimum Gasteiger partial charge on any atom is -0.484 e. The fraction of sp³-hybridized carbons (Fsp3) is 0.364. The van der Waals surface area contributed by atoms with Gasteiger partial charge in [0.2, 0.25) is 0 Å². The van der Waals surface area contributed by atoms with Gasteiger partial charge in [-0.05, 0) is 62.4 Å². The summed E-state index contributed by atoms with van der Waals surface area (Å²) in [4.78, 5) is 28.8. The molecule has 0 spiro atoms. The van der Waals surface area contributed by atoms with Crippen LogP contribution in [0.25, 0.3) is 0 Å². The van der Waals surface area contributed by atoms with E-state index in [1.165, 1.54) is 0 Å². The topological polar surface area (TPSA) is 59.1 Å².